The fourth-order valence-corrected chi connectivity index (χ4v) is 3.08. The Hall–Kier alpha value is -4.18. The molecule has 3 aromatic heterocycles. The lowest BCUT2D eigenvalue weighted by molar-refractivity contribution is -0.111. The van der Waals surface area contributed by atoms with E-state index in [1.165, 1.54) is 6.08 Å². The first-order valence-electron chi connectivity index (χ1n) is 8.53. The summed E-state index contributed by atoms with van der Waals surface area (Å²) in [5.74, 6) is -0.267. The van der Waals surface area contributed by atoms with Crippen LogP contribution in [0.25, 0.3) is 27.8 Å². The average molecular weight is 368 g/mol. The molecule has 0 bridgehead atoms. The minimum Gasteiger partial charge on any atom is -0.323 e. The van der Waals surface area contributed by atoms with Crippen molar-refractivity contribution in [3.63, 3.8) is 0 Å². The lowest BCUT2D eigenvalue weighted by Crippen LogP contribution is -2.06. The van der Waals surface area contributed by atoms with Gasteiger partial charge < -0.3 is 5.32 Å². The van der Waals surface area contributed by atoms with Gasteiger partial charge in [-0.3, -0.25) is 9.48 Å². The van der Waals surface area contributed by atoms with Gasteiger partial charge >= 0.3 is 0 Å². The summed E-state index contributed by atoms with van der Waals surface area (Å²) in [7, 11) is 1.86. The lowest BCUT2D eigenvalue weighted by atomic mass is 10.00. The highest BCUT2D eigenvalue weighted by Crippen LogP contribution is 2.32. The van der Waals surface area contributed by atoms with E-state index < -0.39 is 0 Å². The summed E-state index contributed by atoms with van der Waals surface area (Å²) in [6.45, 7) is 3.45. The maximum Gasteiger partial charge on any atom is 0.247 e. The van der Waals surface area contributed by atoms with Gasteiger partial charge in [0.05, 0.1) is 23.5 Å². The Morgan fingerprint density at radius 1 is 1.14 bits per heavy atom. The molecule has 4 rings (SSSR count). The van der Waals surface area contributed by atoms with Crippen molar-refractivity contribution in [1.82, 2.24) is 19.4 Å². The van der Waals surface area contributed by atoms with E-state index in [-0.39, 0.29) is 5.91 Å². The maximum absolute atomic E-state index is 11.5. The van der Waals surface area contributed by atoms with E-state index in [0.29, 0.717) is 11.3 Å². The fraction of sp³-hybridized carbons (Fsp3) is 0.0476. The zero-order valence-electron chi connectivity index (χ0n) is 15.1. The summed E-state index contributed by atoms with van der Waals surface area (Å²) < 4.78 is 3.45. The monoisotopic (exact) mass is 368 g/mol. The molecule has 7 nitrogen and oxygen atoms in total. The second kappa shape index (κ2) is 6.85. The molecule has 0 aliphatic heterocycles. The van der Waals surface area contributed by atoms with Gasteiger partial charge in [0.15, 0.2) is 0 Å². The van der Waals surface area contributed by atoms with Crippen LogP contribution in [0.5, 0.6) is 0 Å². The molecular formula is C21H16N6O. The summed E-state index contributed by atoms with van der Waals surface area (Å²) >= 11 is 0. The van der Waals surface area contributed by atoms with E-state index in [4.69, 9.17) is 0 Å². The zero-order chi connectivity index (χ0) is 19.7. The Morgan fingerprint density at radius 3 is 2.57 bits per heavy atom. The van der Waals surface area contributed by atoms with E-state index in [2.05, 4.69) is 28.2 Å². The van der Waals surface area contributed by atoms with Gasteiger partial charge in [-0.25, -0.2) is 4.52 Å². The van der Waals surface area contributed by atoms with Crippen LogP contribution in [0.1, 0.15) is 5.56 Å². The van der Waals surface area contributed by atoms with Crippen LogP contribution in [-0.2, 0) is 11.8 Å². The first kappa shape index (κ1) is 17.2. The van der Waals surface area contributed by atoms with Crippen LogP contribution < -0.4 is 5.32 Å². The number of nitrogens with one attached hydrogen (secondary N) is 1. The molecule has 28 heavy (non-hydrogen) atoms. The normalized spacial score (nSPS) is 10.6. The molecule has 4 aromatic rings. The topological polar surface area (TPSA) is 88.0 Å². The third-order valence-electron chi connectivity index (χ3n) is 4.42. The van der Waals surface area contributed by atoms with Crippen LogP contribution in [-0.4, -0.2) is 25.3 Å². The SMILES string of the molecule is C=CC(=O)Nc1ccc(-c2cc(-c3cnn(C)c3)cn3ncc(C#N)c23)cc1. The van der Waals surface area contributed by atoms with E-state index in [1.807, 2.05) is 49.8 Å². The molecule has 136 valence electrons. The van der Waals surface area contributed by atoms with Gasteiger partial charge in [0.25, 0.3) is 0 Å². The van der Waals surface area contributed by atoms with Crippen molar-refractivity contribution >= 4 is 17.1 Å². The number of aryl methyl sites for hydroxylation is 1. The van der Waals surface area contributed by atoms with E-state index in [0.717, 1.165) is 27.8 Å². The quantitative estimate of drug-likeness (QED) is 0.559. The number of nitrogens with zero attached hydrogens (tertiary/aromatic N) is 5. The highest BCUT2D eigenvalue weighted by molar-refractivity contribution is 5.99. The van der Waals surface area contributed by atoms with Crippen molar-refractivity contribution in [2.24, 2.45) is 7.05 Å². The number of hydrogen-bond acceptors (Lipinski definition) is 4. The molecule has 1 amide bonds. The number of aromatic nitrogens is 4. The highest BCUT2D eigenvalue weighted by atomic mass is 16.1. The molecule has 0 radical (unpaired) electrons. The Balaban J connectivity index is 1.86. The summed E-state index contributed by atoms with van der Waals surface area (Å²) in [5.41, 5.74) is 5.57. The third kappa shape index (κ3) is 3.04. The molecule has 1 N–H and O–H groups in total. The Bertz CT molecular complexity index is 1240. The summed E-state index contributed by atoms with van der Waals surface area (Å²) in [6, 6.07) is 11.6. The van der Waals surface area contributed by atoms with E-state index >= 15 is 0 Å². The molecule has 7 heteroatoms. The van der Waals surface area contributed by atoms with Crippen molar-refractivity contribution in [2.45, 2.75) is 0 Å². The molecule has 0 spiro atoms. The Kier molecular flexibility index (Phi) is 4.22. The smallest absolute Gasteiger partial charge is 0.247 e. The van der Waals surface area contributed by atoms with Crippen LogP contribution >= 0.6 is 0 Å². The number of rotatable bonds is 4. The van der Waals surface area contributed by atoms with E-state index in [1.54, 1.807) is 21.6 Å². The zero-order valence-corrected chi connectivity index (χ0v) is 15.1. The van der Waals surface area contributed by atoms with Gasteiger partial charge in [-0.2, -0.15) is 15.5 Å². The average Bonchev–Trinajstić information content (AvgIpc) is 3.33. The third-order valence-corrected chi connectivity index (χ3v) is 4.42. The standard InChI is InChI=1S/C21H16N6O/c1-3-20(28)25-18-6-4-14(5-7-18)19-8-15(17-11-23-26(2)12-17)13-27-21(19)16(9-22)10-24-27/h3-8,10-13H,1H2,2H3,(H,25,28). The second-order valence-electron chi connectivity index (χ2n) is 6.28. The van der Waals surface area contributed by atoms with Crippen molar-refractivity contribution in [1.29, 1.82) is 5.26 Å². The number of hydrogen-bond donors (Lipinski definition) is 1. The molecular weight excluding hydrogens is 352 g/mol. The Labute approximate surface area is 161 Å². The Morgan fingerprint density at radius 2 is 1.93 bits per heavy atom. The fourth-order valence-electron chi connectivity index (χ4n) is 3.08. The molecule has 0 saturated carbocycles. The summed E-state index contributed by atoms with van der Waals surface area (Å²) in [4.78, 5) is 11.5. The first-order valence-corrected chi connectivity index (χ1v) is 8.53. The highest BCUT2D eigenvalue weighted by Gasteiger charge is 2.14. The molecule has 0 aliphatic carbocycles. The van der Waals surface area contributed by atoms with Gasteiger partial charge in [-0.1, -0.05) is 18.7 Å². The van der Waals surface area contributed by atoms with Gasteiger partial charge in [0.1, 0.15) is 6.07 Å². The van der Waals surface area contributed by atoms with Gasteiger partial charge in [-0.15, -0.1) is 0 Å². The number of pyridine rings is 1. The molecule has 1 aromatic carbocycles. The largest absolute Gasteiger partial charge is 0.323 e. The molecule has 0 unspecified atom stereocenters. The number of nitriles is 1. The number of carbonyl (C=O) groups excluding carboxylic acids is 1. The predicted octanol–water partition coefficient (Wildman–Crippen LogP) is 3.40. The minimum atomic E-state index is -0.267. The van der Waals surface area contributed by atoms with Crippen LogP contribution in [0.3, 0.4) is 0 Å². The van der Waals surface area contributed by atoms with Crippen LogP contribution in [0, 0.1) is 11.3 Å². The minimum absolute atomic E-state index is 0.267. The maximum atomic E-state index is 11.5. The van der Waals surface area contributed by atoms with Crippen molar-refractivity contribution in [3.8, 4) is 28.3 Å². The van der Waals surface area contributed by atoms with Gasteiger partial charge in [0, 0.05) is 41.8 Å². The second-order valence-corrected chi connectivity index (χ2v) is 6.28. The lowest BCUT2D eigenvalue weighted by Gasteiger charge is -2.10. The molecule has 0 saturated heterocycles. The number of amides is 1. The number of fused-ring (bicyclic) bond motifs is 1. The van der Waals surface area contributed by atoms with Crippen molar-refractivity contribution < 1.29 is 4.79 Å². The number of anilines is 1. The van der Waals surface area contributed by atoms with Gasteiger partial charge in [-0.05, 0) is 29.8 Å². The van der Waals surface area contributed by atoms with Crippen molar-refractivity contribution in [2.75, 3.05) is 5.32 Å². The first-order chi connectivity index (χ1) is 13.6. The van der Waals surface area contributed by atoms with Crippen molar-refractivity contribution in [3.05, 3.63) is 73.3 Å². The van der Waals surface area contributed by atoms with Crippen LogP contribution in [0.4, 0.5) is 5.69 Å². The number of carbonyl (C=O) groups is 1. The molecule has 0 aliphatic rings. The molecule has 0 atom stereocenters. The summed E-state index contributed by atoms with van der Waals surface area (Å²) in [5, 5.41) is 20.8. The summed E-state index contributed by atoms with van der Waals surface area (Å²) in [6.07, 6.45) is 8.38. The van der Waals surface area contributed by atoms with Gasteiger partial charge in [0.2, 0.25) is 5.91 Å². The van der Waals surface area contributed by atoms with Crippen LogP contribution in [0.2, 0.25) is 0 Å². The van der Waals surface area contributed by atoms with E-state index in [9.17, 15) is 10.1 Å². The molecule has 3 heterocycles. The predicted molar refractivity (Wildman–Crippen MR) is 106 cm³/mol. The number of benzene rings is 1. The van der Waals surface area contributed by atoms with Crippen LogP contribution in [0.15, 0.2) is 67.8 Å². The molecule has 0 fully saturated rings.